The maximum Gasteiger partial charge on any atom is 0.254 e. The Bertz CT molecular complexity index is 777. The highest BCUT2D eigenvalue weighted by molar-refractivity contribution is 9.10. The molecule has 1 aliphatic heterocycles. The van der Waals surface area contributed by atoms with Gasteiger partial charge in [0.1, 0.15) is 0 Å². The Morgan fingerprint density at radius 3 is 2.79 bits per heavy atom. The first-order chi connectivity index (χ1) is 11.5. The Hall–Kier alpha value is -1.46. The number of amides is 1. The Kier molecular flexibility index (Phi) is 5.51. The average molecular weight is 406 g/mol. The third kappa shape index (κ3) is 3.95. The molecular weight excluding hydrogens is 386 g/mol. The van der Waals surface area contributed by atoms with Gasteiger partial charge in [-0.1, -0.05) is 40.2 Å². The molecule has 5 heteroatoms. The van der Waals surface area contributed by atoms with Gasteiger partial charge < -0.3 is 4.90 Å². The fourth-order valence-corrected chi connectivity index (χ4v) is 4.33. The molecule has 0 bridgehead atoms. The van der Waals surface area contributed by atoms with E-state index in [1.165, 1.54) is 5.56 Å². The molecule has 0 saturated carbocycles. The van der Waals surface area contributed by atoms with Crippen LogP contribution < -0.4 is 0 Å². The lowest BCUT2D eigenvalue weighted by atomic mass is 10.0. The second-order valence-electron chi connectivity index (χ2n) is 6.13. The van der Waals surface area contributed by atoms with Crippen LogP contribution in [0.5, 0.6) is 0 Å². The van der Waals surface area contributed by atoms with Crippen molar-refractivity contribution in [3.05, 3.63) is 69.7 Å². The van der Waals surface area contributed by atoms with Gasteiger partial charge in [0.05, 0.1) is 6.04 Å². The summed E-state index contributed by atoms with van der Waals surface area (Å²) in [6, 6.07) is 15.8. The first kappa shape index (κ1) is 17.4. The van der Waals surface area contributed by atoms with Crippen molar-refractivity contribution in [1.82, 2.24) is 4.90 Å². The van der Waals surface area contributed by atoms with Crippen LogP contribution in [0.1, 0.15) is 40.4 Å². The van der Waals surface area contributed by atoms with Crippen LogP contribution in [0, 0.1) is 0 Å². The van der Waals surface area contributed by atoms with E-state index in [9.17, 15) is 9.00 Å². The van der Waals surface area contributed by atoms with Crippen LogP contribution in [0.4, 0.5) is 0 Å². The number of likely N-dealkylation sites (tertiary alicyclic amines) is 1. The molecule has 1 amide bonds. The topological polar surface area (TPSA) is 37.4 Å². The number of carbonyl (C=O) groups excluding carboxylic acids is 1. The molecule has 1 aliphatic rings. The van der Waals surface area contributed by atoms with E-state index >= 15 is 0 Å². The van der Waals surface area contributed by atoms with Crippen molar-refractivity contribution in [2.75, 3.05) is 12.8 Å². The summed E-state index contributed by atoms with van der Waals surface area (Å²) < 4.78 is 12.5. The number of hydrogen-bond donors (Lipinski definition) is 0. The van der Waals surface area contributed by atoms with Gasteiger partial charge in [-0.3, -0.25) is 9.00 Å². The van der Waals surface area contributed by atoms with Gasteiger partial charge in [0, 0.05) is 39.4 Å². The Labute approximate surface area is 153 Å². The van der Waals surface area contributed by atoms with Gasteiger partial charge in [-0.15, -0.1) is 0 Å². The molecule has 126 valence electrons. The van der Waals surface area contributed by atoms with Gasteiger partial charge in [0.25, 0.3) is 5.91 Å². The molecule has 3 nitrogen and oxygen atoms in total. The molecule has 0 N–H and O–H groups in total. The van der Waals surface area contributed by atoms with E-state index in [1.807, 2.05) is 41.3 Å². The summed E-state index contributed by atoms with van der Waals surface area (Å²) in [5.74, 6) is 0.539. The summed E-state index contributed by atoms with van der Waals surface area (Å²) in [6.45, 7) is 0.778. The van der Waals surface area contributed by atoms with Crippen LogP contribution in [-0.2, 0) is 16.6 Å². The third-order valence-electron chi connectivity index (χ3n) is 4.29. The minimum absolute atomic E-state index is 0.0567. The van der Waals surface area contributed by atoms with Gasteiger partial charge >= 0.3 is 0 Å². The molecule has 0 spiro atoms. The zero-order valence-corrected chi connectivity index (χ0v) is 16.0. The molecule has 1 saturated heterocycles. The minimum atomic E-state index is -0.909. The number of hydrogen-bond acceptors (Lipinski definition) is 2. The quantitative estimate of drug-likeness (QED) is 0.759. The monoisotopic (exact) mass is 405 g/mol. The van der Waals surface area contributed by atoms with Crippen LogP contribution in [0.25, 0.3) is 0 Å². The highest BCUT2D eigenvalue weighted by Gasteiger charge is 2.30. The molecule has 0 aliphatic carbocycles. The summed E-state index contributed by atoms with van der Waals surface area (Å²) >= 11 is 3.51. The molecule has 1 fully saturated rings. The molecule has 2 aromatic rings. The van der Waals surface area contributed by atoms with Crippen LogP contribution in [-0.4, -0.2) is 27.8 Å². The van der Waals surface area contributed by atoms with E-state index in [0.29, 0.717) is 11.3 Å². The van der Waals surface area contributed by atoms with Crippen LogP contribution in [0.15, 0.2) is 53.0 Å². The predicted molar refractivity (Wildman–Crippen MR) is 101 cm³/mol. The minimum Gasteiger partial charge on any atom is -0.332 e. The molecule has 24 heavy (non-hydrogen) atoms. The van der Waals surface area contributed by atoms with Crippen molar-refractivity contribution < 1.29 is 9.00 Å². The fraction of sp³-hybridized carbons (Fsp3) is 0.316. The SMILES string of the molecule is CS(=O)Cc1cccc(C(=O)N2CCCC2c2cccc(Br)c2)c1. The van der Waals surface area contributed by atoms with Crippen LogP contribution >= 0.6 is 15.9 Å². The average Bonchev–Trinajstić information content (AvgIpc) is 3.03. The second-order valence-corrected chi connectivity index (χ2v) is 8.48. The normalized spacial score (nSPS) is 18.6. The first-order valence-electron chi connectivity index (χ1n) is 8.00. The highest BCUT2D eigenvalue weighted by Crippen LogP contribution is 2.34. The zero-order chi connectivity index (χ0) is 17.1. The van der Waals surface area contributed by atoms with Crippen molar-refractivity contribution >= 4 is 32.6 Å². The molecule has 2 atom stereocenters. The lowest BCUT2D eigenvalue weighted by Gasteiger charge is -2.25. The van der Waals surface area contributed by atoms with Gasteiger partial charge in [0.15, 0.2) is 0 Å². The Balaban J connectivity index is 1.85. The van der Waals surface area contributed by atoms with E-state index < -0.39 is 10.8 Å². The van der Waals surface area contributed by atoms with E-state index in [4.69, 9.17) is 0 Å². The molecule has 3 rings (SSSR count). The molecule has 0 aromatic heterocycles. The molecule has 0 radical (unpaired) electrons. The van der Waals surface area contributed by atoms with Crippen molar-refractivity contribution in [2.45, 2.75) is 24.6 Å². The Morgan fingerprint density at radius 2 is 2.04 bits per heavy atom. The zero-order valence-electron chi connectivity index (χ0n) is 13.6. The van der Waals surface area contributed by atoms with Gasteiger partial charge in [-0.05, 0) is 48.2 Å². The lowest BCUT2D eigenvalue weighted by molar-refractivity contribution is 0.0735. The second kappa shape index (κ2) is 7.62. The van der Waals surface area contributed by atoms with E-state index in [1.54, 1.807) is 6.26 Å². The number of nitrogens with zero attached hydrogens (tertiary/aromatic N) is 1. The van der Waals surface area contributed by atoms with Crippen molar-refractivity contribution in [2.24, 2.45) is 0 Å². The van der Waals surface area contributed by atoms with E-state index in [0.717, 1.165) is 29.4 Å². The van der Waals surface area contributed by atoms with Gasteiger partial charge in [-0.2, -0.15) is 0 Å². The summed E-state index contributed by atoms with van der Waals surface area (Å²) in [4.78, 5) is 15.0. The summed E-state index contributed by atoms with van der Waals surface area (Å²) in [6.07, 6.45) is 3.68. The first-order valence-corrected chi connectivity index (χ1v) is 10.5. The summed E-state index contributed by atoms with van der Waals surface area (Å²) in [7, 11) is -0.909. The van der Waals surface area contributed by atoms with Crippen LogP contribution in [0.3, 0.4) is 0 Å². The maximum absolute atomic E-state index is 13.0. The molecular formula is C19H20BrNO2S. The molecule has 1 heterocycles. The Morgan fingerprint density at radius 1 is 1.25 bits per heavy atom. The molecule has 2 aromatic carbocycles. The van der Waals surface area contributed by atoms with Crippen LogP contribution in [0.2, 0.25) is 0 Å². The molecule has 2 unspecified atom stereocenters. The predicted octanol–water partition coefficient (Wildman–Crippen LogP) is 4.30. The highest BCUT2D eigenvalue weighted by atomic mass is 79.9. The number of benzene rings is 2. The maximum atomic E-state index is 13.0. The van der Waals surface area contributed by atoms with Crippen molar-refractivity contribution in [1.29, 1.82) is 0 Å². The van der Waals surface area contributed by atoms with Crippen molar-refractivity contribution in [3.63, 3.8) is 0 Å². The lowest BCUT2D eigenvalue weighted by Crippen LogP contribution is -2.30. The number of rotatable bonds is 4. The largest absolute Gasteiger partial charge is 0.332 e. The van der Waals surface area contributed by atoms with Gasteiger partial charge in [-0.25, -0.2) is 0 Å². The van der Waals surface area contributed by atoms with E-state index in [-0.39, 0.29) is 11.9 Å². The fourth-order valence-electron chi connectivity index (χ4n) is 3.26. The van der Waals surface area contributed by atoms with Gasteiger partial charge in [0.2, 0.25) is 0 Å². The summed E-state index contributed by atoms with van der Waals surface area (Å²) in [5, 5.41) is 0. The number of halogens is 1. The smallest absolute Gasteiger partial charge is 0.254 e. The van der Waals surface area contributed by atoms with Crippen molar-refractivity contribution in [3.8, 4) is 0 Å². The number of carbonyl (C=O) groups is 1. The standard InChI is InChI=1S/C19H20BrNO2S/c1-24(23)13-14-5-2-7-16(11-14)19(22)21-10-4-9-18(21)15-6-3-8-17(20)12-15/h2-3,5-8,11-12,18H,4,9-10,13H2,1H3. The third-order valence-corrected chi connectivity index (χ3v) is 5.52. The summed E-state index contributed by atoms with van der Waals surface area (Å²) in [5.41, 5.74) is 2.79. The van der Waals surface area contributed by atoms with E-state index in [2.05, 4.69) is 28.1 Å².